The second kappa shape index (κ2) is 8.05. The maximum absolute atomic E-state index is 12.0. The molecule has 0 bridgehead atoms. The number of fused-ring (bicyclic) bond motifs is 1. The minimum atomic E-state index is -0.383. The third-order valence-corrected chi connectivity index (χ3v) is 5.49. The molecule has 2 aromatic carbocycles. The zero-order valence-electron chi connectivity index (χ0n) is 16.3. The number of benzene rings is 2. The molecule has 150 valence electrons. The number of anilines is 1. The summed E-state index contributed by atoms with van der Waals surface area (Å²) in [6.07, 6.45) is 0.897. The van der Waals surface area contributed by atoms with E-state index in [4.69, 9.17) is 4.42 Å². The molecule has 1 saturated heterocycles. The summed E-state index contributed by atoms with van der Waals surface area (Å²) >= 11 is 0. The smallest absolute Gasteiger partial charge is 0.336 e. The first kappa shape index (κ1) is 19.1. The standard InChI is InChI=1S/C22H23N3O4/c1-2-16-3-8-20-17(14-22(26)29-21(20)13-16)15-23-9-11-24(12-10-23)18-4-6-19(7-5-18)25(27)28/h3-8,13-14H,2,9-12,15H2,1H3. The van der Waals surface area contributed by atoms with E-state index in [1.165, 1.54) is 0 Å². The first-order valence-electron chi connectivity index (χ1n) is 9.81. The predicted molar refractivity (Wildman–Crippen MR) is 112 cm³/mol. The summed E-state index contributed by atoms with van der Waals surface area (Å²) in [7, 11) is 0. The minimum absolute atomic E-state index is 0.105. The van der Waals surface area contributed by atoms with Gasteiger partial charge in [0.15, 0.2) is 0 Å². The van der Waals surface area contributed by atoms with Gasteiger partial charge in [0.05, 0.1) is 4.92 Å². The highest BCUT2D eigenvalue weighted by Crippen LogP contribution is 2.23. The van der Waals surface area contributed by atoms with Crippen LogP contribution >= 0.6 is 0 Å². The third-order valence-electron chi connectivity index (χ3n) is 5.49. The molecule has 0 aliphatic carbocycles. The lowest BCUT2D eigenvalue weighted by Gasteiger charge is -2.36. The largest absolute Gasteiger partial charge is 0.423 e. The molecule has 2 heterocycles. The quantitative estimate of drug-likeness (QED) is 0.374. The zero-order valence-corrected chi connectivity index (χ0v) is 16.3. The predicted octanol–water partition coefficient (Wildman–Crippen LogP) is 3.59. The van der Waals surface area contributed by atoms with Crippen LogP contribution in [0.15, 0.2) is 57.7 Å². The Hall–Kier alpha value is -3.19. The van der Waals surface area contributed by atoms with E-state index in [1.807, 2.05) is 12.1 Å². The molecule has 29 heavy (non-hydrogen) atoms. The molecule has 0 saturated carbocycles. The summed E-state index contributed by atoms with van der Waals surface area (Å²) in [6, 6.07) is 14.4. The molecular weight excluding hydrogens is 370 g/mol. The summed E-state index contributed by atoms with van der Waals surface area (Å²) in [4.78, 5) is 27.0. The lowest BCUT2D eigenvalue weighted by molar-refractivity contribution is -0.384. The van der Waals surface area contributed by atoms with Crippen molar-refractivity contribution < 1.29 is 9.34 Å². The Labute approximate surface area is 168 Å². The summed E-state index contributed by atoms with van der Waals surface area (Å²) in [6.45, 7) is 6.14. The van der Waals surface area contributed by atoms with Gasteiger partial charge in [-0.25, -0.2) is 4.79 Å². The van der Waals surface area contributed by atoms with Crippen molar-refractivity contribution in [1.82, 2.24) is 4.90 Å². The number of aryl methyl sites for hydroxylation is 1. The van der Waals surface area contributed by atoms with Gasteiger partial charge in [-0.1, -0.05) is 19.1 Å². The van der Waals surface area contributed by atoms with Crippen molar-refractivity contribution in [2.75, 3.05) is 31.1 Å². The van der Waals surface area contributed by atoms with Gasteiger partial charge < -0.3 is 9.32 Å². The van der Waals surface area contributed by atoms with Gasteiger partial charge in [-0.15, -0.1) is 0 Å². The lowest BCUT2D eigenvalue weighted by atomic mass is 10.1. The van der Waals surface area contributed by atoms with E-state index in [0.29, 0.717) is 12.1 Å². The van der Waals surface area contributed by atoms with Gasteiger partial charge in [-0.3, -0.25) is 15.0 Å². The number of rotatable bonds is 5. The van der Waals surface area contributed by atoms with Gasteiger partial charge in [0, 0.05) is 62.0 Å². The minimum Gasteiger partial charge on any atom is -0.423 e. The van der Waals surface area contributed by atoms with Gasteiger partial charge in [0.1, 0.15) is 5.58 Å². The van der Waals surface area contributed by atoms with Crippen LogP contribution in [0.3, 0.4) is 0 Å². The van der Waals surface area contributed by atoms with Crippen molar-refractivity contribution in [3.63, 3.8) is 0 Å². The van der Waals surface area contributed by atoms with Crippen molar-refractivity contribution in [3.8, 4) is 0 Å². The summed E-state index contributed by atoms with van der Waals surface area (Å²) in [5, 5.41) is 11.8. The molecule has 7 heteroatoms. The van der Waals surface area contributed by atoms with Crippen molar-refractivity contribution in [2.24, 2.45) is 0 Å². The van der Waals surface area contributed by atoms with Crippen LogP contribution in [-0.4, -0.2) is 36.0 Å². The monoisotopic (exact) mass is 393 g/mol. The topological polar surface area (TPSA) is 79.8 Å². The number of piperazine rings is 1. The molecule has 0 amide bonds. The maximum Gasteiger partial charge on any atom is 0.336 e. The SMILES string of the molecule is CCc1ccc2c(CN3CCN(c4ccc([N+](=O)[O-])cc4)CC3)cc(=O)oc2c1. The first-order chi connectivity index (χ1) is 14.0. The third kappa shape index (κ3) is 4.14. The van der Waals surface area contributed by atoms with Gasteiger partial charge in [0.2, 0.25) is 0 Å². The Balaban J connectivity index is 1.46. The highest BCUT2D eigenvalue weighted by Gasteiger charge is 2.19. The highest BCUT2D eigenvalue weighted by atomic mass is 16.6. The molecule has 0 unspecified atom stereocenters. The molecule has 1 aliphatic rings. The Morgan fingerprint density at radius 2 is 1.76 bits per heavy atom. The van der Waals surface area contributed by atoms with Crippen molar-refractivity contribution in [3.05, 3.63) is 80.2 Å². The highest BCUT2D eigenvalue weighted by molar-refractivity contribution is 5.80. The van der Waals surface area contributed by atoms with Gasteiger partial charge >= 0.3 is 5.63 Å². The Kier molecular flexibility index (Phi) is 5.31. The summed E-state index contributed by atoms with van der Waals surface area (Å²) in [5.74, 6) is 0. The first-order valence-corrected chi connectivity index (χ1v) is 9.81. The number of nitrogens with zero attached hydrogens (tertiary/aromatic N) is 3. The molecular formula is C22H23N3O4. The van der Waals surface area contributed by atoms with Crippen LogP contribution in [0.2, 0.25) is 0 Å². The van der Waals surface area contributed by atoms with Crippen LogP contribution in [0.1, 0.15) is 18.1 Å². The summed E-state index contributed by atoms with van der Waals surface area (Å²) < 4.78 is 5.41. The average Bonchev–Trinajstić information content (AvgIpc) is 2.73. The van der Waals surface area contributed by atoms with E-state index in [1.54, 1.807) is 30.3 Å². The van der Waals surface area contributed by atoms with E-state index >= 15 is 0 Å². The fourth-order valence-electron chi connectivity index (χ4n) is 3.82. The second-order valence-electron chi connectivity index (χ2n) is 7.31. The molecule has 4 rings (SSSR count). The number of non-ortho nitro benzene ring substituents is 1. The van der Waals surface area contributed by atoms with Gasteiger partial charge in [-0.2, -0.15) is 0 Å². The number of nitro groups is 1. The fourth-order valence-corrected chi connectivity index (χ4v) is 3.82. The van der Waals surface area contributed by atoms with Crippen LogP contribution in [0.25, 0.3) is 11.0 Å². The van der Waals surface area contributed by atoms with Crippen LogP contribution < -0.4 is 10.5 Å². The molecule has 0 radical (unpaired) electrons. The lowest BCUT2D eigenvalue weighted by Crippen LogP contribution is -2.46. The fraction of sp³-hybridized carbons (Fsp3) is 0.318. The molecule has 0 atom stereocenters. The van der Waals surface area contributed by atoms with Crippen LogP contribution in [0.5, 0.6) is 0 Å². The summed E-state index contributed by atoms with van der Waals surface area (Å²) in [5.41, 5.74) is 3.57. The molecule has 1 aromatic heterocycles. The van der Waals surface area contributed by atoms with Gasteiger partial charge in [-0.05, 0) is 35.7 Å². The van der Waals surface area contributed by atoms with E-state index in [2.05, 4.69) is 22.8 Å². The van der Waals surface area contributed by atoms with Crippen molar-refractivity contribution in [2.45, 2.75) is 19.9 Å². The Morgan fingerprint density at radius 3 is 2.41 bits per heavy atom. The van der Waals surface area contributed by atoms with Crippen molar-refractivity contribution in [1.29, 1.82) is 0 Å². The number of hydrogen-bond acceptors (Lipinski definition) is 6. The average molecular weight is 393 g/mol. The normalized spacial score (nSPS) is 15.0. The van der Waals surface area contributed by atoms with E-state index in [9.17, 15) is 14.9 Å². The zero-order chi connectivity index (χ0) is 20.4. The molecule has 0 spiro atoms. The second-order valence-corrected chi connectivity index (χ2v) is 7.31. The number of hydrogen-bond donors (Lipinski definition) is 0. The van der Waals surface area contributed by atoms with Crippen LogP contribution in [0, 0.1) is 10.1 Å². The van der Waals surface area contributed by atoms with E-state index in [0.717, 1.165) is 54.8 Å². The van der Waals surface area contributed by atoms with Gasteiger partial charge in [0.25, 0.3) is 5.69 Å². The molecule has 1 fully saturated rings. The molecule has 1 aliphatic heterocycles. The van der Waals surface area contributed by atoms with E-state index < -0.39 is 0 Å². The van der Waals surface area contributed by atoms with Crippen LogP contribution in [0.4, 0.5) is 11.4 Å². The molecule has 3 aromatic rings. The van der Waals surface area contributed by atoms with E-state index in [-0.39, 0.29) is 16.2 Å². The Morgan fingerprint density at radius 1 is 1.03 bits per heavy atom. The number of nitro benzene ring substituents is 1. The van der Waals surface area contributed by atoms with Crippen LogP contribution in [-0.2, 0) is 13.0 Å². The molecule has 0 N–H and O–H groups in total. The molecule has 7 nitrogen and oxygen atoms in total. The maximum atomic E-state index is 12.0. The van der Waals surface area contributed by atoms with Crippen molar-refractivity contribution >= 4 is 22.3 Å². The Bertz CT molecular complexity index is 1080.